The van der Waals surface area contributed by atoms with Crippen LogP contribution in [0, 0.1) is 11.3 Å². The molecule has 2 rings (SSSR count). The van der Waals surface area contributed by atoms with Gasteiger partial charge in [-0.2, -0.15) is 0 Å². The zero-order valence-electron chi connectivity index (χ0n) is 12.3. The maximum Gasteiger partial charge on any atom is 0.0254 e. The highest BCUT2D eigenvalue weighted by Crippen LogP contribution is 2.41. The summed E-state index contributed by atoms with van der Waals surface area (Å²) < 4.78 is 0. The van der Waals surface area contributed by atoms with Crippen molar-refractivity contribution in [3.63, 3.8) is 0 Å². The average Bonchev–Trinajstić information content (AvgIpc) is 3.10. The second-order valence-corrected chi connectivity index (χ2v) is 7.11. The van der Waals surface area contributed by atoms with Crippen LogP contribution < -0.4 is 5.32 Å². The van der Waals surface area contributed by atoms with E-state index in [-0.39, 0.29) is 0 Å². The normalized spacial score (nSPS) is 34.9. The van der Waals surface area contributed by atoms with Crippen molar-refractivity contribution in [3.8, 4) is 0 Å². The summed E-state index contributed by atoms with van der Waals surface area (Å²) in [4.78, 5) is 2.67. The fourth-order valence-electron chi connectivity index (χ4n) is 3.53. The molecule has 3 unspecified atom stereocenters. The van der Waals surface area contributed by atoms with E-state index in [9.17, 15) is 0 Å². The van der Waals surface area contributed by atoms with E-state index in [0.717, 1.165) is 18.0 Å². The van der Waals surface area contributed by atoms with Crippen LogP contribution in [0.3, 0.4) is 0 Å². The lowest BCUT2D eigenvalue weighted by atomic mass is 9.72. The topological polar surface area (TPSA) is 15.3 Å². The Hall–Kier alpha value is -0.0800. The molecule has 2 aliphatic carbocycles. The van der Waals surface area contributed by atoms with Gasteiger partial charge in [0.25, 0.3) is 0 Å². The molecule has 0 bridgehead atoms. The van der Waals surface area contributed by atoms with Crippen molar-refractivity contribution in [3.05, 3.63) is 0 Å². The Morgan fingerprint density at radius 1 is 1.24 bits per heavy atom. The van der Waals surface area contributed by atoms with E-state index in [1.54, 1.807) is 0 Å². The van der Waals surface area contributed by atoms with Gasteiger partial charge in [0, 0.05) is 18.1 Å². The first-order valence-corrected chi connectivity index (χ1v) is 7.34. The van der Waals surface area contributed by atoms with Crippen LogP contribution in [0.2, 0.25) is 0 Å². The summed E-state index contributed by atoms with van der Waals surface area (Å²) in [5.74, 6) is 0.975. The molecule has 0 radical (unpaired) electrons. The van der Waals surface area contributed by atoms with Crippen LogP contribution in [0.1, 0.15) is 52.9 Å². The third-order valence-corrected chi connectivity index (χ3v) is 5.20. The van der Waals surface area contributed by atoms with E-state index >= 15 is 0 Å². The summed E-state index contributed by atoms with van der Waals surface area (Å²) in [5, 5.41) is 3.55. The molecule has 0 aromatic rings. The van der Waals surface area contributed by atoms with Gasteiger partial charge in [0.05, 0.1) is 0 Å². The highest BCUT2D eigenvalue weighted by Gasteiger charge is 2.40. The second kappa shape index (κ2) is 4.89. The van der Waals surface area contributed by atoms with Crippen molar-refractivity contribution in [2.75, 3.05) is 14.1 Å². The Bertz CT molecular complexity index is 258. The molecule has 2 saturated carbocycles. The number of nitrogens with zero attached hydrogens (tertiary/aromatic N) is 1. The van der Waals surface area contributed by atoms with Crippen LogP contribution in [0.15, 0.2) is 0 Å². The van der Waals surface area contributed by atoms with Gasteiger partial charge in [-0.15, -0.1) is 0 Å². The van der Waals surface area contributed by atoms with E-state index in [0.29, 0.717) is 11.5 Å². The molecule has 0 aromatic carbocycles. The smallest absolute Gasteiger partial charge is 0.0254 e. The van der Waals surface area contributed by atoms with Crippen molar-refractivity contribution < 1.29 is 0 Å². The minimum Gasteiger partial charge on any atom is -0.315 e. The molecule has 2 fully saturated rings. The van der Waals surface area contributed by atoms with Crippen molar-refractivity contribution in [2.45, 2.75) is 71.0 Å². The lowest BCUT2D eigenvalue weighted by Crippen LogP contribution is -2.55. The van der Waals surface area contributed by atoms with Crippen LogP contribution in [-0.2, 0) is 0 Å². The largest absolute Gasteiger partial charge is 0.315 e. The molecule has 2 heteroatoms. The van der Waals surface area contributed by atoms with Crippen LogP contribution in [-0.4, -0.2) is 37.1 Å². The van der Waals surface area contributed by atoms with Crippen molar-refractivity contribution in [2.24, 2.45) is 11.3 Å². The van der Waals surface area contributed by atoms with E-state index in [4.69, 9.17) is 0 Å². The van der Waals surface area contributed by atoms with Crippen LogP contribution in [0.25, 0.3) is 0 Å². The summed E-state index contributed by atoms with van der Waals surface area (Å²) in [5.41, 5.74) is 0.523. The maximum absolute atomic E-state index is 3.55. The van der Waals surface area contributed by atoms with Crippen LogP contribution in [0.4, 0.5) is 0 Å². The Kier molecular flexibility index (Phi) is 3.84. The predicted octanol–water partition coefficient (Wildman–Crippen LogP) is 2.88. The highest BCUT2D eigenvalue weighted by molar-refractivity contribution is 4.96. The summed E-state index contributed by atoms with van der Waals surface area (Å²) in [6.45, 7) is 7.29. The standard InChI is InChI=1S/C15H30N2/c1-11(12-6-7-12)17(5)14-10-15(2,3)9-8-13(14)16-4/h11-14,16H,6-10H2,1-5H3. The third-order valence-electron chi connectivity index (χ3n) is 5.20. The summed E-state index contributed by atoms with van der Waals surface area (Å²) in [7, 11) is 4.48. The molecule has 0 heterocycles. The summed E-state index contributed by atoms with van der Waals surface area (Å²) >= 11 is 0. The van der Waals surface area contributed by atoms with Crippen molar-refractivity contribution in [1.82, 2.24) is 10.2 Å². The van der Waals surface area contributed by atoms with Crippen molar-refractivity contribution >= 4 is 0 Å². The van der Waals surface area contributed by atoms with Gasteiger partial charge in [0.2, 0.25) is 0 Å². The van der Waals surface area contributed by atoms with Gasteiger partial charge in [-0.3, -0.25) is 4.90 Å². The second-order valence-electron chi connectivity index (χ2n) is 7.11. The molecule has 0 aliphatic heterocycles. The van der Waals surface area contributed by atoms with Gasteiger partial charge in [-0.1, -0.05) is 13.8 Å². The Balaban J connectivity index is 2.03. The quantitative estimate of drug-likeness (QED) is 0.810. The molecular formula is C15H30N2. The lowest BCUT2D eigenvalue weighted by Gasteiger charge is -2.46. The SMILES string of the molecule is CNC1CCC(C)(C)CC1N(C)C(C)C1CC1. The number of rotatable bonds is 4. The monoisotopic (exact) mass is 238 g/mol. The Morgan fingerprint density at radius 2 is 1.88 bits per heavy atom. The average molecular weight is 238 g/mol. The van der Waals surface area contributed by atoms with E-state index < -0.39 is 0 Å². The minimum absolute atomic E-state index is 0.523. The molecule has 1 N–H and O–H groups in total. The molecule has 0 aromatic heterocycles. The van der Waals surface area contributed by atoms with E-state index in [2.05, 4.69) is 45.1 Å². The third kappa shape index (κ3) is 3.03. The first-order valence-electron chi connectivity index (χ1n) is 7.34. The van der Waals surface area contributed by atoms with E-state index in [1.165, 1.54) is 32.1 Å². The van der Waals surface area contributed by atoms with Gasteiger partial charge in [0.15, 0.2) is 0 Å². The Morgan fingerprint density at radius 3 is 2.41 bits per heavy atom. The van der Waals surface area contributed by atoms with Crippen molar-refractivity contribution in [1.29, 1.82) is 0 Å². The number of nitrogens with one attached hydrogen (secondary N) is 1. The maximum atomic E-state index is 3.55. The molecule has 0 saturated heterocycles. The highest BCUT2D eigenvalue weighted by atomic mass is 15.2. The van der Waals surface area contributed by atoms with E-state index in [1.807, 2.05) is 0 Å². The molecule has 2 nitrogen and oxygen atoms in total. The minimum atomic E-state index is 0.523. The molecular weight excluding hydrogens is 208 g/mol. The summed E-state index contributed by atoms with van der Waals surface area (Å²) in [6, 6.07) is 2.18. The molecule has 0 spiro atoms. The number of hydrogen-bond donors (Lipinski definition) is 1. The van der Waals surface area contributed by atoms with Gasteiger partial charge in [0.1, 0.15) is 0 Å². The molecule has 2 aliphatic rings. The first-order chi connectivity index (χ1) is 7.94. The molecule has 3 atom stereocenters. The molecule has 100 valence electrons. The first kappa shape index (κ1) is 13.4. The Labute approximate surface area is 107 Å². The fraction of sp³-hybridized carbons (Fsp3) is 1.00. The predicted molar refractivity (Wildman–Crippen MR) is 74.2 cm³/mol. The van der Waals surface area contributed by atoms with Gasteiger partial charge >= 0.3 is 0 Å². The van der Waals surface area contributed by atoms with Gasteiger partial charge in [-0.25, -0.2) is 0 Å². The zero-order chi connectivity index (χ0) is 12.6. The number of hydrogen-bond acceptors (Lipinski definition) is 2. The van der Waals surface area contributed by atoms with Crippen LogP contribution in [0.5, 0.6) is 0 Å². The lowest BCUT2D eigenvalue weighted by molar-refractivity contribution is 0.0558. The molecule has 0 amide bonds. The van der Waals surface area contributed by atoms with Crippen LogP contribution >= 0.6 is 0 Å². The van der Waals surface area contributed by atoms with Gasteiger partial charge < -0.3 is 5.32 Å². The summed E-state index contributed by atoms with van der Waals surface area (Å²) in [6.07, 6.45) is 6.93. The fourth-order valence-corrected chi connectivity index (χ4v) is 3.53. The number of likely N-dealkylation sites (N-methyl/N-ethyl adjacent to an activating group) is 2. The molecule has 17 heavy (non-hydrogen) atoms. The zero-order valence-corrected chi connectivity index (χ0v) is 12.3. The van der Waals surface area contributed by atoms with Gasteiger partial charge in [-0.05, 0) is 64.5 Å².